The molecule has 6 rings (SSSR count). The lowest BCUT2D eigenvalue weighted by molar-refractivity contribution is -0.140. The van der Waals surface area contributed by atoms with Crippen LogP contribution in [0, 0.1) is 6.92 Å². The Morgan fingerprint density at radius 1 is 1.11 bits per heavy atom. The Morgan fingerprint density at radius 2 is 1.84 bits per heavy atom. The first-order valence-electron chi connectivity index (χ1n) is 12.0. The first-order chi connectivity index (χ1) is 18.1. The summed E-state index contributed by atoms with van der Waals surface area (Å²) in [5, 5.41) is 16.5. The molecule has 0 saturated carbocycles. The van der Waals surface area contributed by atoms with Gasteiger partial charge >= 0.3 is 6.18 Å². The molecule has 12 heteroatoms. The number of aromatic nitrogens is 4. The monoisotopic (exact) mass is 527 g/mol. The highest BCUT2D eigenvalue weighted by atomic mass is 19.4. The molecule has 38 heavy (non-hydrogen) atoms. The molecule has 4 atom stereocenters. The van der Waals surface area contributed by atoms with E-state index < -0.39 is 36.2 Å². The number of rotatable bonds is 4. The van der Waals surface area contributed by atoms with E-state index in [1.807, 2.05) is 6.92 Å². The number of nitrogens with zero attached hydrogens (tertiary/aromatic N) is 4. The lowest BCUT2D eigenvalue weighted by Crippen LogP contribution is -2.44. The average molecular weight is 528 g/mol. The summed E-state index contributed by atoms with van der Waals surface area (Å²) in [4.78, 5) is 17.7. The van der Waals surface area contributed by atoms with E-state index in [4.69, 9.17) is 14.5 Å². The van der Waals surface area contributed by atoms with E-state index in [1.54, 1.807) is 47.0 Å². The molecule has 0 bridgehead atoms. The molecule has 2 aliphatic heterocycles. The van der Waals surface area contributed by atoms with Crippen LogP contribution in [0.5, 0.6) is 0 Å². The van der Waals surface area contributed by atoms with Gasteiger partial charge < -0.3 is 24.3 Å². The molecule has 5 heterocycles. The molecule has 0 radical (unpaired) electrons. The van der Waals surface area contributed by atoms with Gasteiger partial charge in [0.2, 0.25) is 0 Å². The molecular formula is C26H24F3N5O4. The summed E-state index contributed by atoms with van der Waals surface area (Å²) in [7, 11) is 1.45. The molecule has 2 saturated heterocycles. The maximum atomic E-state index is 13.7. The number of carbonyl (C=O) groups is 1. The zero-order valence-corrected chi connectivity index (χ0v) is 20.4. The Kier molecular flexibility index (Phi) is 5.78. The van der Waals surface area contributed by atoms with Gasteiger partial charge in [-0.3, -0.25) is 9.48 Å². The SMILES string of the molecule is Cc1c(-c2ccccc2-c2cn(C)nc2C(F)(F)F)nc2cc(C(=O)N[C@@H]3CO[C@H]4[C@@H]3OC[C@H]4O)ccn12. The number of hydrogen-bond donors (Lipinski definition) is 2. The van der Waals surface area contributed by atoms with E-state index in [2.05, 4.69) is 10.4 Å². The smallest absolute Gasteiger partial charge is 0.388 e. The average Bonchev–Trinajstić information content (AvgIpc) is 3.64. The third-order valence-corrected chi connectivity index (χ3v) is 7.04. The van der Waals surface area contributed by atoms with Crippen molar-refractivity contribution in [3.63, 3.8) is 0 Å². The highest BCUT2D eigenvalue weighted by molar-refractivity contribution is 5.95. The van der Waals surface area contributed by atoms with Gasteiger partial charge in [-0.1, -0.05) is 24.3 Å². The Balaban J connectivity index is 1.34. The number of benzene rings is 1. The standard InChI is InChI=1S/C26H24F3N5O4/c1-13-21(16-6-4-3-5-15(16)17-10-33(2)32-24(17)26(27,28)29)31-20-9-14(7-8-34(13)20)25(36)30-18-11-37-23-19(35)12-38-22(18)23/h3-10,18-19,22-23,35H,11-12H2,1-2H3,(H,30,36)/t18-,19-,22-,23-/m1/s1. The van der Waals surface area contributed by atoms with Gasteiger partial charge in [-0.2, -0.15) is 18.3 Å². The van der Waals surface area contributed by atoms with Crippen molar-refractivity contribution in [2.75, 3.05) is 13.2 Å². The lowest BCUT2D eigenvalue weighted by Gasteiger charge is -2.17. The van der Waals surface area contributed by atoms with Crippen LogP contribution >= 0.6 is 0 Å². The van der Waals surface area contributed by atoms with Crippen LogP contribution in [0.3, 0.4) is 0 Å². The lowest BCUT2D eigenvalue weighted by atomic mass is 9.97. The van der Waals surface area contributed by atoms with Gasteiger partial charge in [-0.05, 0) is 24.6 Å². The molecule has 4 aromatic rings. The first kappa shape index (κ1) is 24.6. The number of imidazole rings is 1. The minimum Gasteiger partial charge on any atom is -0.388 e. The van der Waals surface area contributed by atoms with E-state index in [9.17, 15) is 23.1 Å². The molecule has 198 valence electrons. The molecule has 2 fully saturated rings. The third kappa shape index (κ3) is 4.05. The molecule has 2 aliphatic rings. The largest absolute Gasteiger partial charge is 0.435 e. The van der Waals surface area contributed by atoms with Crippen LogP contribution in [0.15, 0.2) is 48.8 Å². The van der Waals surface area contributed by atoms with Gasteiger partial charge in [0.05, 0.1) is 24.9 Å². The quantitative estimate of drug-likeness (QED) is 0.423. The normalized spacial score (nSPS) is 23.2. The highest BCUT2D eigenvalue weighted by Gasteiger charge is 2.47. The van der Waals surface area contributed by atoms with Gasteiger partial charge in [0.15, 0.2) is 5.69 Å². The van der Waals surface area contributed by atoms with Crippen LogP contribution in [0.4, 0.5) is 13.2 Å². The summed E-state index contributed by atoms with van der Waals surface area (Å²) in [6, 6.07) is 9.62. The van der Waals surface area contributed by atoms with Gasteiger partial charge in [0.25, 0.3) is 5.91 Å². The number of ether oxygens (including phenoxy) is 2. The number of amides is 1. The molecule has 3 aromatic heterocycles. The second-order valence-electron chi connectivity index (χ2n) is 9.54. The Morgan fingerprint density at radius 3 is 2.61 bits per heavy atom. The van der Waals surface area contributed by atoms with E-state index >= 15 is 0 Å². The fraction of sp³-hybridized carbons (Fsp3) is 0.346. The second-order valence-corrected chi connectivity index (χ2v) is 9.54. The van der Waals surface area contributed by atoms with Crippen molar-refractivity contribution in [3.05, 3.63) is 65.7 Å². The summed E-state index contributed by atoms with van der Waals surface area (Å²) in [6.45, 7) is 2.21. The summed E-state index contributed by atoms with van der Waals surface area (Å²) < 4.78 is 55.2. The fourth-order valence-corrected chi connectivity index (χ4v) is 5.24. The minimum absolute atomic E-state index is 0.0385. The molecule has 2 N–H and O–H groups in total. The number of pyridine rings is 1. The van der Waals surface area contributed by atoms with Crippen molar-refractivity contribution < 1.29 is 32.5 Å². The number of nitrogens with one attached hydrogen (secondary N) is 1. The number of aryl methyl sites for hydroxylation is 2. The van der Waals surface area contributed by atoms with Gasteiger partial charge in [-0.25, -0.2) is 4.98 Å². The molecule has 0 spiro atoms. The van der Waals surface area contributed by atoms with Crippen molar-refractivity contribution in [3.8, 4) is 22.4 Å². The molecule has 0 unspecified atom stereocenters. The van der Waals surface area contributed by atoms with Crippen LogP contribution in [-0.4, -0.2) is 67.7 Å². The predicted octanol–water partition coefficient (Wildman–Crippen LogP) is 2.99. The Labute approximate surface area is 214 Å². The fourth-order valence-electron chi connectivity index (χ4n) is 5.24. The summed E-state index contributed by atoms with van der Waals surface area (Å²) in [5.41, 5.74) is 1.89. The number of aliphatic hydroxyl groups is 1. The van der Waals surface area contributed by atoms with Crippen molar-refractivity contribution in [2.45, 2.75) is 37.5 Å². The van der Waals surface area contributed by atoms with Crippen LogP contribution in [0.25, 0.3) is 28.0 Å². The van der Waals surface area contributed by atoms with Crippen molar-refractivity contribution in [1.82, 2.24) is 24.5 Å². The summed E-state index contributed by atoms with van der Waals surface area (Å²) in [5.74, 6) is -0.348. The Bertz CT molecular complexity index is 1550. The molecule has 1 aromatic carbocycles. The maximum Gasteiger partial charge on any atom is 0.435 e. The number of fused-ring (bicyclic) bond motifs is 2. The number of hydrogen-bond acceptors (Lipinski definition) is 6. The van der Waals surface area contributed by atoms with Gasteiger partial charge in [-0.15, -0.1) is 0 Å². The topological polar surface area (TPSA) is 103 Å². The zero-order chi connectivity index (χ0) is 26.8. The van der Waals surface area contributed by atoms with E-state index in [0.29, 0.717) is 33.7 Å². The van der Waals surface area contributed by atoms with E-state index in [1.165, 1.54) is 13.2 Å². The van der Waals surface area contributed by atoms with E-state index in [0.717, 1.165) is 4.68 Å². The Hall–Kier alpha value is -3.74. The molecule has 9 nitrogen and oxygen atoms in total. The van der Waals surface area contributed by atoms with Crippen LogP contribution in [0.1, 0.15) is 21.7 Å². The van der Waals surface area contributed by atoms with Crippen molar-refractivity contribution >= 4 is 11.6 Å². The predicted molar refractivity (Wildman–Crippen MR) is 129 cm³/mol. The van der Waals surface area contributed by atoms with E-state index in [-0.39, 0.29) is 24.7 Å². The summed E-state index contributed by atoms with van der Waals surface area (Å²) >= 11 is 0. The van der Waals surface area contributed by atoms with Crippen LogP contribution < -0.4 is 5.32 Å². The maximum absolute atomic E-state index is 13.7. The number of alkyl halides is 3. The third-order valence-electron chi connectivity index (χ3n) is 7.04. The number of halogens is 3. The molecular weight excluding hydrogens is 503 g/mol. The summed E-state index contributed by atoms with van der Waals surface area (Å²) in [6.07, 6.45) is -3.16. The van der Waals surface area contributed by atoms with Crippen molar-refractivity contribution in [1.29, 1.82) is 0 Å². The van der Waals surface area contributed by atoms with Crippen LogP contribution in [-0.2, 0) is 22.7 Å². The van der Waals surface area contributed by atoms with Crippen molar-refractivity contribution in [2.24, 2.45) is 7.05 Å². The first-order valence-corrected chi connectivity index (χ1v) is 12.0. The minimum atomic E-state index is -4.62. The number of carbonyl (C=O) groups excluding carboxylic acids is 1. The van der Waals surface area contributed by atoms with Gasteiger partial charge in [0.1, 0.15) is 24.0 Å². The van der Waals surface area contributed by atoms with Gasteiger partial charge in [0, 0.05) is 41.8 Å². The molecule has 1 amide bonds. The highest BCUT2D eigenvalue weighted by Crippen LogP contribution is 2.40. The zero-order valence-electron chi connectivity index (χ0n) is 20.4. The molecule has 0 aliphatic carbocycles. The second kappa shape index (κ2) is 8.93. The number of aliphatic hydroxyl groups excluding tert-OH is 1. The van der Waals surface area contributed by atoms with Crippen LogP contribution in [0.2, 0.25) is 0 Å².